The van der Waals surface area contributed by atoms with E-state index in [1.54, 1.807) is 0 Å². The summed E-state index contributed by atoms with van der Waals surface area (Å²) in [7, 11) is 0. The Morgan fingerprint density at radius 1 is 1.03 bits per heavy atom. The van der Waals surface area contributed by atoms with Gasteiger partial charge in [0.15, 0.2) is 5.82 Å². The molecule has 0 aliphatic rings. The molecule has 3 N–H and O–H groups in total. The van der Waals surface area contributed by atoms with Gasteiger partial charge in [-0.3, -0.25) is 14.3 Å². The summed E-state index contributed by atoms with van der Waals surface area (Å²) in [6.45, 7) is 3.67. The SMILES string of the molecule is CC(C)(Nc1ccccc1)C(=O)Nc1cccc(-c2csc(-c3noc(=O)[nH]3)c2)c1. The monoisotopic (exact) mass is 420 g/mol. The van der Waals surface area contributed by atoms with Gasteiger partial charge in [0.1, 0.15) is 5.54 Å². The number of rotatable bonds is 6. The number of carbonyl (C=O) groups excluding carboxylic acids is 1. The molecule has 30 heavy (non-hydrogen) atoms. The summed E-state index contributed by atoms with van der Waals surface area (Å²) in [6, 6.07) is 19.1. The molecule has 7 nitrogen and oxygen atoms in total. The van der Waals surface area contributed by atoms with Crippen molar-refractivity contribution in [3.63, 3.8) is 0 Å². The number of aromatic nitrogens is 2. The number of thiophene rings is 1. The molecule has 0 aliphatic heterocycles. The summed E-state index contributed by atoms with van der Waals surface area (Å²) in [6.07, 6.45) is 0. The first kappa shape index (κ1) is 19.7. The fourth-order valence-corrected chi connectivity index (χ4v) is 3.80. The van der Waals surface area contributed by atoms with Gasteiger partial charge >= 0.3 is 5.76 Å². The highest BCUT2D eigenvalue weighted by molar-refractivity contribution is 7.13. The van der Waals surface area contributed by atoms with Crippen LogP contribution in [0.3, 0.4) is 0 Å². The molecule has 2 aromatic carbocycles. The number of anilines is 2. The summed E-state index contributed by atoms with van der Waals surface area (Å²) in [5, 5.41) is 11.9. The maximum absolute atomic E-state index is 12.9. The Hall–Kier alpha value is -3.65. The Balaban J connectivity index is 1.50. The van der Waals surface area contributed by atoms with Crippen LogP contribution in [0.5, 0.6) is 0 Å². The summed E-state index contributed by atoms with van der Waals surface area (Å²) >= 11 is 1.45. The van der Waals surface area contributed by atoms with Crippen LogP contribution < -0.4 is 16.4 Å². The molecule has 0 radical (unpaired) electrons. The van der Waals surface area contributed by atoms with E-state index >= 15 is 0 Å². The van der Waals surface area contributed by atoms with Crippen molar-refractivity contribution in [2.24, 2.45) is 0 Å². The average Bonchev–Trinajstić information content (AvgIpc) is 3.38. The van der Waals surface area contributed by atoms with Crippen molar-refractivity contribution in [2.45, 2.75) is 19.4 Å². The highest BCUT2D eigenvalue weighted by atomic mass is 32.1. The van der Waals surface area contributed by atoms with Crippen LogP contribution in [0.1, 0.15) is 13.8 Å². The maximum Gasteiger partial charge on any atom is 0.439 e. The lowest BCUT2D eigenvalue weighted by atomic mass is 10.0. The number of hydrogen-bond acceptors (Lipinski definition) is 6. The van der Waals surface area contributed by atoms with Gasteiger partial charge in [-0.2, -0.15) is 0 Å². The fourth-order valence-electron chi connectivity index (χ4n) is 2.95. The van der Waals surface area contributed by atoms with Gasteiger partial charge in [-0.25, -0.2) is 4.79 Å². The minimum absolute atomic E-state index is 0.144. The van der Waals surface area contributed by atoms with Crippen LogP contribution in [0.2, 0.25) is 0 Å². The first-order valence-electron chi connectivity index (χ1n) is 9.31. The van der Waals surface area contributed by atoms with E-state index in [0.717, 1.165) is 21.7 Å². The zero-order valence-electron chi connectivity index (χ0n) is 16.4. The van der Waals surface area contributed by atoms with Crippen LogP contribution >= 0.6 is 11.3 Å². The van der Waals surface area contributed by atoms with Crippen LogP contribution in [-0.2, 0) is 4.79 Å². The highest BCUT2D eigenvalue weighted by Gasteiger charge is 2.27. The molecule has 0 saturated heterocycles. The first-order valence-corrected chi connectivity index (χ1v) is 10.2. The molecule has 4 aromatic rings. The number of hydrogen-bond donors (Lipinski definition) is 3. The van der Waals surface area contributed by atoms with Gasteiger partial charge in [0, 0.05) is 11.4 Å². The van der Waals surface area contributed by atoms with Gasteiger partial charge < -0.3 is 10.6 Å². The second-order valence-electron chi connectivity index (χ2n) is 7.29. The van der Waals surface area contributed by atoms with Crippen molar-refractivity contribution >= 4 is 28.6 Å². The van der Waals surface area contributed by atoms with Crippen LogP contribution in [-0.4, -0.2) is 21.6 Å². The zero-order chi connectivity index (χ0) is 21.1. The zero-order valence-corrected chi connectivity index (χ0v) is 17.2. The van der Waals surface area contributed by atoms with Gasteiger partial charge in [0.2, 0.25) is 5.91 Å². The van der Waals surface area contributed by atoms with Crippen molar-refractivity contribution in [3.05, 3.63) is 76.6 Å². The number of amides is 1. The van der Waals surface area contributed by atoms with Crippen LogP contribution in [0.4, 0.5) is 11.4 Å². The molecule has 0 fully saturated rings. The third-order valence-corrected chi connectivity index (χ3v) is 5.46. The second-order valence-corrected chi connectivity index (χ2v) is 8.21. The Bertz CT molecular complexity index is 1220. The number of nitrogens with one attached hydrogen (secondary N) is 3. The Morgan fingerprint density at radius 3 is 2.53 bits per heavy atom. The lowest BCUT2D eigenvalue weighted by Crippen LogP contribution is -2.44. The van der Waals surface area contributed by atoms with Crippen molar-refractivity contribution in [2.75, 3.05) is 10.6 Å². The molecule has 0 aliphatic carbocycles. The molecule has 2 heterocycles. The van der Waals surface area contributed by atoms with Gasteiger partial charge in [-0.1, -0.05) is 35.5 Å². The third-order valence-electron chi connectivity index (χ3n) is 4.53. The molecular formula is C22H20N4O3S. The first-order chi connectivity index (χ1) is 14.4. The van der Waals surface area contributed by atoms with E-state index in [0.29, 0.717) is 11.5 Å². The average molecular weight is 420 g/mol. The smallest absolute Gasteiger partial charge is 0.372 e. The fraction of sp³-hybridized carbons (Fsp3) is 0.136. The van der Waals surface area contributed by atoms with E-state index in [2.05, 4.69) is 25.3 Å². The summed E-state index contributed by atoms with van der Waals surface area (Å²) in [5.41, 5.74) is 2.67. The molecule has 2 aromatic heterocycles. The minimum Gasteiger partial charge on any atom is -0.372 e. The maximum atomic E-state index is 12.9. The number of para-hydroxylation sites is 1. The van der Waals surface area contributed by atoms with Gasteiger partial charge in [0.25, 0.3) is 0 Å². The second kappa shape index (κ2) is 8.00. The van der Waals surface area contributed by atoms with E-state index in [1.165, 1.54) is 11.3 Å². The molecule has 8 heteroatoms. The normalized spacial score (nSPS) is 11.3. The molecular weight excluding hydrogens is 400 g/mol. The molecule has 1 amide bonds. The van der Waals surface area contributed by atoms with Crippen LogP contribution in [0.25, 0.3) is 21.8 Å². The predicted octanol–water partition coefficient (Wildman–Crippen LogP) is 4.59. The van der Waals surface area contributed by atoms with Gasteiger partial charge in [0.05, 0.1) is 4.88 Å². The van der Waals surface area contributed by atoms with E-state index in [9.17, 15) is 9.59 Å². The number of aromatic amines is 1. The van der Waals surface area contributed by atoms with Gasteiger partial charge in [-0.15, -0.1) is 11.3 Å². The quantitative estimate of drug-likeness (QED) is 0.424. The van der Waals surface area contributed by atoms with Crippen molar-refractivity contribution in [1.29, 1.82) is 0 Å². The Labute approximate surface area is 176 Å². The van der Waals surface area contributed by atoms with Crippen LogP contribution in [0.15, 0.2) is 75.4 Å². The number of nitrogens with zero attached hydrogens (tertiary/aromatic N) is 1. The van der Waals surface area contributed by atoms with E-state index in [-0.39, 0.29) is 5.91 Å². The van der Waals surface area contributed by atoms with Gasteiger partial charge in [-0.05, 0) is 60.7 Å². The molecule has 152 valence electrons. The van der Waals surface area contributed by atoms with Crippen molar-refractivity contribution in [1.82, 2.24) is 10.1 Å². The molecule has 0 bridgehead atoms. The number of benzene rings is 2. The largest absolute Gasteiger partial charge is 0.439 e. The molecule has 0 saturated carbocycles. The lowest BCUT2D eigenvalue weighted by molar-refractivity contribution is -0.119. The standard InChI is InChI=1S/C22H20N4O3S/c1-22(2,25-16-8-4-3-5-9-16)20(27)23-17-10-6-7-14(11-17)15-12-18(30-13-15)19-24-21(28)29-26-19/h3-13,25H,1-2H3,(H,23,27)(H,24,26,28). The van der Waals surface area contributed by atoms with Crippen molar-refractivity contribution in [3.8, 4) is 21.8 Å². The lowest BCUT2D eigenvalue weighted by Gasteiger charge is -2.26. The predicted molar refractivity (Wildman–Crippen MR) is 119 cm³/mol. The number of H-pyrrole nitrogens is 1. The highest BCUT2D eigenvalue weighted by Crippen LogP contribution is 2.32. The van der Waals surface area contributed by atoms with E-state index in [4.69, 9.17) is 0 Å². The molecule has 0 unspecified atom stereocenters. The summed E-state index contributed by atoms with van der Waals surface area (Å²) in [5.74, 6) is -0.333. The summed E-state index contributed by atoms with van der Waals surface area (Å²) < 4.78 is 4.56. The third kappa shape index (κ3) is 4.33. The number of carbonyl (C=O) groups is 1. The Morgan fingerprint density at radius 2 is 1.80 bits per heavy atom. The van der Waals surface area contributed by atoms with Crippen LogP contribution in [0, 0.1) is 0 Å². The molecule has 4 rings (SSSR count). The van der Waals surface area contributed by atoms with Crippen molar-refractivity contribution < 1.29 is 9.32 Å². The summed E-state index contributed by atoms with van der Waals surface area (Å²) in [4.78, 5) is 27.3. The van der Waals surface area contributed by atoms with E-state index in [1.807, 2.05) is 79.9 Å². The Kier molecular flexibility index (Phi) is 5.24. The minimum atomic E-state index is -0.800. The molecule has 0 atom stereocenters. The van der Waals surface area contributed by atoms with E-state index < -0.39 is 11.3 Å². The molecule has 0 spiro atoms. The topological polar surface area (TPSA) is 100 Å².